The predicted octanol–water partition coefficient (Wildman–Crippen LogP) is 1.42. The van der Waals surface area contributed by atoms with E-state index in [1.165, 1.54) is 19.4 Å². The SMILES string of the molecule is CNC1CCCN(C/C=C/Cl)C1. The summed E-state index contributed by atoms with van der Waals surface area (Å²) in [6, 6.07) is 0.669. The minimum absolute atomic E-state index is 0.669. The molecule has 1 unspecified atom stereocenters. The Balaban J connectivity index is 2.25. The molecule has 2 nitrogen and oxygen atoms in total. The van der Waals surface area contributed by atoms with E-state index in [0.29, 0.717) is 6.04 Å². The van der Waals surface area contributed by atoms with E-state index in [2.05, 4.69) is 10.2 Å². The van der Waals surface area contributed by atoms with Crippen molar-refractivity contribution in [3.05, 3.63) is 11.6 Å². The van der Waals surface area contributed by atoms with Gasteiger partial charge in [0.1, 0.15) is 0 Å². The highest BCUT2D eigenvalue weighted by Crippen LogP contribution is 2.09. The van der Waals surface area contributed by atoms with Crippen LogP contribution >= 0.6 is 11.6 Å². The van der Waals surface area contributed by atoms with Crippen molar-refractivity contribution in [3.63, 3.8) is 0 Å². The molecule has 1 atom stereocenters. The van der Waals surface area contributed by atoms with E-state index in [0.717, 1.165) is 13.1 Å². The van der Waals surface area contributed by atoms with Gasteiger partial charge in [0.2, 0.25) is 0 Å². The normalized spacial score (nSPS) is 26.7. The topological polar surface area (TPSA) is 15.3 Å². The monoisotopic (exact) mass is 188 g/mol. The first kappa shape index (κ1) is 10.0. The minimum atomic E-state index is 0.669. The lowest BCUT2D eigenvalue weighted by Crippen LogP contribution is -2.44. The number of likely N-dealkylation sites (tertiary alicyclic amines) is 1. The summed E-state index contributed by atoms with van der Waals surface area (Å²) in [7, 11) is 2.03. The van der Waals surface area contributed by atoms with Crippen molar-refractivity contribution in [2.24, 2.45) is 0 Å². The summed E-state index contributed by atoms with van der Waals surface area (Å²) in [4.78, 5) is 2.42. The van der Waals surface area contributed by atoms with Gasteiger partial charge >= 0.3 is 0 Å². The van der Waals surface area contributed by atoms with Crippen LogP contribution in [0.1, 0.15) is 12.8 Å². The Morgan fingerprint density at radius 1 is 1.67 bits per heavy atom. The number of hydrogen-bond donors (Lipinski definition) is 1. The van der Waals surface area contributed by atoms with Crippen molar-refractivity contribution in [2.75, 3.05) is 26.7 Å². The van der Waals surface area contributed by atoms with E-state index in [1.807, 2.05) is 13.1 Å². The number of rotatable bonds is 3. The van der Waals surface area contributed by atoms with Crippen molar-refractivity contribution in [2.45, 2.75) is 18.9 Å². The number of halogens is 1. The van der Waals surface area contributed by atoms with Gasteiger partial charge in [-0.1, -0.05) is 17.7 Å². The van der Waals surface area contributed by atoms with Crippen LogP contribution in [0.15, 0.2) is 11.6 Å². The van der Waals surface area contributed by atoms with E-state index in [4.69, 9.17) is 11.6 Å². The second-order valence-electron chi connectivity index (χ2n) is 3.25. The van der Waals surface area contributed by atoms with Gasteiger partial charge in [-0.15, -0.1) is 0 Å². The number of nitrogens with zero attached hydrogens (tertiary/aromatic N) is 1. The van der Waals surface area contributed by atoms with Crippen molar-refractivity contribution >= 4 is 11.6 Å². The molecule has 0 aromatic carbocycles. The minimum Gasteiger partial charge on any atom is -0.316 e. The number of piperidine rings is 1. The van der Waals surface area contributed by atoms with Crippen LogP contribution in [0.25, 0.3) is 0 Å². The Labute approximate surface area is 79.6 Å². The number of nitrogens with one attached hydrogen (secondary N) is 1. The third-order valence-electron chi connectivity index (χ3n) is 2.37. The molecule has 1 saturated heterocycles. The van der Waals surface area contributed by atoms with Gasteiger partial charge in [-0.2, -0.15) is 0 Å². The van der Waals surface area contributed by atoms with Gasteiger partial charge in [0, 0.05) is 24.7 Å². The molecule has 3 heteroatoms. The molecule has 0 saturated carbocycles. The molecule has 1 N–H and O–H groups in total. The van der Waals surface area contributed by atoms with Gasteiger partial charge in [0.15, 0.2) is 0 Å². The zero-order valence-electron chi connectivity index (χ0n) is 7.59. The van der Waals surface area contributed by atoms with Crippen LogP contribution in [0.5, 0.6) is 0 Å². The molecule has 0 bridgehead atoms. The molecule has 1 aliphatic rings. The zero-order chi connectivity index (χ0) is 8.81. The Morgan fingerprint density at radius 2 is 2.50 bits per heavy atom. The van der Waals surface area contributed by atoms with E-state index < -0.39 is 0 Å². The molecule has 0 spiro atoms. The summed E-state index contributed by atoms with van der Waals surface area (Å²) in [5.74, 6) is 0. The lowest BCUT2D eigenvalue weighted by Gasteiger charge is -2.31. The lowest BCUT2D eigenvalue weighted by molar-refractivity contribution is 0.213. The van der Waals surface area contributed by atoms with E-state index in [-0.39, 0.29) is 0 Å². The first-order valence-electron chi connectivity index (χ1n) is 4.51. The number of hydrogen-bond acceptors (Lipinski definition) is 2. The largest absolute Gasteiger partial charge is 0.316 e. The van der Waals surface area contributed by atoms with Crippen LogP contribution in [-0.4, -0.2) is 37.6 Å². The summed E-state index contributed by atoms with van der Waals surface area (Å²) in [5, 5.41) is 3.31. The van der Waals surface area contributed by atoms with Gasteiger partial charge in [-0.25, -0.2) is 0 Å². The summed E-state index contributed by atoms with van der Waals surface area (Å²) < 4.78 is 0. The first-order valence-corrected chi connectivity index (χ1v) is 4.95. The van der Waals surface area contributed by atoms with E-state index in [9.17, 15) is 0 Å². The molecule has 1 fully saturated rings. The van der Waals surface area contributed by atoms with Crippen molar-refractivity contribution in [1.29, 1.82) is 0 Å². The van der Waals surface area contributed by atoms with Gasteiger partial charge in [0.25, 0.3) is 0 Å². The Kier molecular flexibility index (Phi) is 4.66. The van der Waals surface area contributed by atoms with Gasteiger partial charge in [-0.05, 0) is 26.4 Å². The van der Waals surface area contributed by atoms with Crippen LogP contribution < -0.4 is 5.32 Å². The average Bonchev–Trinajstić information content (AvgIpc) is 2.15. The van der Waals surface area contributed by atoms with Gasteiger partial charge in [-0.3, -0.25) is 4.90 Å². The molecule has 0 amide bonds. The molecule has 0 aliphatic carbocycles. The fraction of sp³-hybridized carbons (Fsp3) is 0.778. The molecule has 70 valence electrons. The van der Waals surface area contributed by atoms with Gasteiger partial charge < -0.3 is 5.32 Å². The summed E-state index contributed by atoms with van der Waals surface area (Å²) >= 11 is 5.47. The third-order valence-corrected chi connectivity index (χ3v) is 2.54. The van der Waals surface area contributed by atoms with Crippen molar-refractivity contribution in [3.8, 4) is 0 Å². The average molecular weight is 189 g/mol. The highest BCUT2D eigenvalue weighted by atomic mass is 35.5. The summed E-state index contributed by atoms with van der Waals surface area (Å²) in [6.45, 7) is 3.35. The summed E-state index contributed by atoms with van der Waals surface area (Å²) in [5.41, 5.74) is 1.60. The molecule has 0 radical (unpaired) electrons. The number of likely N-dealkylation sites (N-methyl/N-ethyl adjacent to an activating group) is 1. The van der Waals surface area contributed by atoms with E-state index in [1.54, 1.807) is 5.54 Å². The second kappa shape index (κ2) is 5.57. The molecular formula is C9H17ClN2. The Bertz CT molecular complexity index is 147. The highest BCUT2D eigenvalue weighted by Gasteiger charge is 2.16. The maximum absolute atomic E-state index is 5.47. The third kappa shape index (κ3) is 3.13. The fourth-order valence-electron chi connectivity index (χ4n) is 1.65. The molecule has 0 aromatic rings. The van der Waals surface area contributed by atoms with E-state index >= 15 is 0 Å². The van der Waals surface area contributed by atoms with Crippen LogP contribution in [0.4, 0.5) is 0 Å². The molecule has 12 heavy (non-hydrogen) atoms. The first-order chi connectivity index (χ1) is 5.86. The van der Waals surface area contributed by atoms with Crippen LogP contribution in [0.3, 0.4) is 0 Å². The molecule has 1 aliphatic heterocycles. The maximum Gasteiger partial charge on any atom is 0.0192 e. The van der Waals surface area contributed by atoms with Crippen molar-refractivity contribution in [1.82, 2.24) is 10.2 Å². The lowest BCUT2D eigenvalue weighted by atomic mass is 10.1. The fourth-order valence-corrected chi connectivity index (χ4v) is 1.73. The molecular weight excluding hydrogens is 172 g/mol. The molecule has 1 heterocycles. The smallest absolute Gasteiger partial charge is 0.0192 e. The second-order valence-corrected chi connectivity index (χ2v) is 3.50. The van der Waals surface area contributed by atoms with Crippen LogP contribution in [0, 0.1) is 0 Å². The zero-order valence-corrected chi connectivity index (χ0v) is 8.35. The van der Waals surface area contributed by atoms with Crippen molar-refractivity contribution < 1.29 is 0 Å². The Hall–Kier alpha value is -0.0500. The predicted molar refractivity (Wildman–Crippen MR) is 53.5 cm³/mol. The molecule has 0 aromatic heterocycles. The van der Waals surface area contributed by atoms with Crippen LogP contribution in [-0.2, 0) is 0 Å². The quantitative estimate of drug-likeness (QED) is 0.721. The molecule has 1 rings (SSSR count). The highest BCUT2D eigenvalue weighted by molar-refractivity contribution is 6.25. The van der Waals surface area contributed by atoms with Crippen LogP contribution in [0.2, 0.25) is 0 Å². The standard InChI is InChI=1S/C9H17ClN2/c1-11-9-4-2-6-12(8-9)7-3-5-10/h3,5,9,11H,2,4,6-8H2,1H3/b5-3+. The Morgan fingerprint density at radius 3 is 3.17 bits per heavy atom. The maximum atomic E-state index is 5.47. The summed E-state index contributed by atoms with van der Waals surface area (Å²) in [6.07, 6.45) is 4.60. The van der Waals surface area contributed by atoms with Gasteiger partial charge in [0.05, 0.1) is 0 Å².